The number of nitriles is 1. The van der Waals surface area contributed by atoms with E-state index >= 15 is 0 Å². The van der Waals surface area contributed by atoms with Crippen molar-refractivity contribution in [3.05, 3.63) is 54.5 Å². The zero-order chi connectivity index (χ0) is 25.7. The molecule has 3 aromatic rings. The van der Waals surface area contributed by atoms with Gasteiger partial charge in [-0.1, -0.05) is 18.9 Å². The van der Waals surface area contributed by atoms with Gasteiger partial charge < -0.3 is 20.3 Å². The number of carbonyl (C=O) groups excluding carboxylic acids is 1. The van der Waals surface area contributed by atoms with Gasteiger partial charge >= 0.3 is 6.09 Å². The smallest absolute Gasteiger partial charge is 0.410 e. The van der Waals surface area contributed by atoms with Crippen molar-refractivity contribution in [3.63, 3.8) is 0 Å². The number of nitrogens with zero attached hydrogens (tertiary/aromatic N) is 6. The Morgan fingerprint density at radius 2 is 1.94 bits per heavy atom. The molecule has 0 unspecified atom stereocenters. The number of likely N-dealkylation sites (N-methyl/N-ethyl adjacent to an activating group) is 1. The maximum Gasteiger partial charge on any atom is 0.410 e. The molecule has 0 spiro atoms. The highest BCUT2D eigenvalue weighted by atomic mass is 16.6. The summed E-state index contributed by atoms with van der Waals surface area (Å²) in [6, 6.07) is 11.6. The van der Waals surface area contributed by atoms with E-state index in [-0.39, 0.29) is 18.2 Å². The van der Waals surface area contributed by atoms with E-state index in [1.54, 1.807) is 30.5 Å². The zero-order valence-corrected chi connectivity index (χ0v) is 21.1. The monoisotopic (exact) mass is 488 g/mol. The van der Waals surface area contributed by atoms with Crippen molar-refractivity contribution >= 4 is 23.3 Å². The maximum atomic E-state index is 12.7. The molecule has 0 aliphatic heterocycles. The first-order chi connectivity index (χ1) is 17.2. The van der Waals surface area contributed by atoms with Gasteiger partial charge in [-0.3, -0.25) is 0 Å². The summed E-state index contributed by atoms with van der Waals surface area (Å²) in [5, 5.41) is 24.8. The molecule has 0 saturated heterocycles. The van der Waals surface area contributed by atoms with E-state index in [1.807, 2.05) is 51.1 Å². The molecule has 0 radical (unpaired) electrons. The number of amides is 1. The normalized spacial score (nSPS) is 17.6. The van der Waals surface area contributed by atoms with Gasteiger partial charge in [0.15, 0.2) is 0 Å². The van der Waals surface area contributed by atoms with Gasteiger partial charge in [0.2, 0.25) is 0 Å². The first-order valence-corrected chi connectivity index (χ1v) is 12.1. The molecule has 1 aliphatic rings. The number of nitrogens with one attached hydrogen (secondary N) is 2. The molecule has 2 N–H and O–H groups in total. The molecule has 10 heteroatoms. The van der Waals surface area contributed by atoms with Crippen molar-refractivity contribution in [2.45, 2.75) is 64.1 Å². The van der Waals surface area contributed by atoms with Gasteiger partial charge in [-0.25, -0.2) is 9.78 Å². The summed E-state index contributed by atoms with van der Waals surface area (Å²) in [7, 11) is 1.79. The predicted molar refractivity (Wildman–Crippen MR) is 137 cm³/mol. The summed E-state index contributed by atoms with van der Waals surface area (Å²) < 4.78 is 5.59. The van der Waals surface area contributed by atoms with Crippen LogP contribution in [0, 0.1) is 11.3 Å². The number of benzene rings is 1. The molecule has 1 amide bonds. The van der Waals surface area contributed by atoms with Crippen molar-refractivity contribution in [2.24, 2.45) is 0 Å². The maximum absolute atomic E-state index is 12.7. The Morgan fingerprint density at radius 3 is 2.67 bits per heavy atom. The molecule has 2 aromatic heterocycles. The Labute approximate surface area is 211 Å². The summed E-state index contributed by atoms with van der Waals surface area (Å²) in [5.41, 5.74) is 2.09. The highest BCUT2D eigenvalue weighted by molar-refractivity contribution is 5.70. The lowest BCUT2D eigenvalue weighted by molar-refractivity contribution is 0.0175. The largest absolute Gasteiger partial charge is 0.444 e. The average Bonchev–Trinajstić information content (AvgIpc) is 3.39. The molecule has 1 aliphatic carbocycles. The van der Waals surface area contributed by atoms with E-state index in [9.17, 15) is 10.1 Å². The van der Waals surface area contributed by atoms with Crippen molar-refractivity contribution < 1.29 is 9.53 Å². The lowest BCUT2D eigenvalue weighted by Gasteiger charge is -2.39. The SMILES string of the molecule is CN(C(=O)OC(C)(C)C)[C@H]1CCCC[C@H]1Nc1cc(Nc2cccc(-n3nccn3)c2)c(C#N)cn1. The van der Waals surface area contributed by atoms with Crippen molar-refractivity contribution in [1.29, 1.82) is 5.26 Å². The Bertz CT molecular complexity index is 1230. The minimum atomic E-state index is -0.553. The number of hydrogen-bond acceptors (Lipinski definition) is 8. The van der Waals surface area contributed by atoms with Gasteiger partial charge in [-0.05, 0) is 51.8 Å². The Balaban J connectivity index is 1.52. The van der Waals surface area contributed by atoms with Crippen LogP contribution in [0.4, 0.5) is 22.0 Å². The summed E-state index contributed by atoms with van der Waals surface area (Å²) >= 11 is 0. The van der Waals surface area contributed by atoms with E-state index in [4.69, 9.17) is 4.74 Å². The van der Waals surface area contributed by atoms with Gasteiger partial charge in [-0.15, -0.1) is 0 Å². The van der Waals surface area contributed by atoms with Crippen LogP contribution in [0.15, 0.2) is 48.9 Å². The standard InChI is InChI=1S/C26H32N8O2/c1-26(2,3)36-25(35)33(4)23-11-6-5-10-21(23)32-24-15-22(18(16-27)17-28-24)31-19-8-7-9-20(14-19)34-29-12-13-30-34/h7-9,12-15,17,21,23H,5-6,10-11H2,1-4H3,(H2,28,31,32)/t21-,23+/m1/s1. The second-order valence-corrected chi connectivity index (χ2v) is 9.91. The average molecular weight is 489 g/mol. The van der Waals surface area contributed by atoms with Crippen molar-refractivity contribution in [2.75, 3.05) is 17.7 Å². The van der Waals surface area contributed by atoms with Crippen LogP contribution in [-0.2, 0) is 4.74 Å². The van der Waals surface area contributed by atoms with Crippen LogP contribution in [0.25, 0.3) is 5.69 Å². The Kier molecular flexibility index (Phi) is 7.38. The molecule has 2 atom stereocenters. The van der Waals surface area contributed by atoms with E-state index in [2.05, 4.69) is 31.9 Å². The number of pyridine rings is 1. The highest BCUT2D eigenvalue weighted by Crippen LogP contribution is 2.29. The van der Waals surface area contributed by atoms with Crippen LogP contribution in [-0.4, -0.2) is 55.7 Å². The van der Waals surface area contributed by atoms with Gasteiger partial charge in [0, 0.05) is 31.0 Å². The molecule has 36 heavy (non-hydrogen) atoms. The highest BCUT2D eigenvalue weighted by Gasteiger charge is 2.33. The fourth-order valence-electron chi connectivity index (χ4n) is 4.34. The lowest BCUT2D eigenvalue weighted by Crippen LogP contribution is -2.50. The van der Waals surface area contributed by atoms with Crippen LogP contribution in [0.2, 0.25) is 0 Å². The van der Waals surface area contributed by atoms with Crippen LogP contribution < -0.4 is 10.6 Å². The summed E-state index contributed by atoms with van der Waals surface area (Å²) in [6.07, 6.45) is 8.35. The molecular weight excluding hydrogens is 456 g/mol. The fourth-order valence-corrected chi connectivity index (χ4v) is 4.34. The Hall–Kier alpha value is -4.13. The minimum Gasteiger partial charge on any atom is -0.444 e. The lowest BCUT2D eigenvalue weighted by atomic mass is 9.89. The second kappa shape index (κ2) is 10.6. The zero-order valence-electron chi connectivity index (χ0n) is 21.1. The van der Waals surface area contributed by atoms with E-state index < -0.39 is 5.60 Å². The third-order valence-corrected chi connectivity index (χ3v) is 6.04. The number of hydrogen-bond donors (Lipinski definition) is 2. The molecule has 0 bridgehead atoms. The van der Waals surface area contributed by atoms with Crippen molar-refractivity contribution in [3.8, 4) is 11.8 Å². The summed E-state index contributed by atoms with van der Waals surface area (Å²) in [6.45, 7) is 5.60. The number of anilines is 3. The molecule has 2 heterocycles. The molecule has 188 valence electrons. The van der Waals surface area contributed by atoms with E-state index in [0.29, 0.717) is 17.1 Å². The topological polar surface area (TPSA) is 121 Å². The van der Waals surface area contributed by atoms with Gasteiger partial charge in [0.25, 0.3) is 0 Å². The summed E-state index contributed by atoms with van der Waals surface area (Å²) in [4.78, 5) is 20.4. The van der Waals surface area contributed by atoms with Gasteiger partial charge in [-0.2, -0.15) is 20.3 Å². The second-order valence-electron chi connectivity index (χ2n) is 9.91. The molecule has 1 saturated carbocycles. The van der Waals surface area contributed by atoms with Crippen LogP contribution >= 0.6 is 0 Å². The van der Waals surface area contributed by atoms with Crippen molar-refractivity contribution in [1.82, 2.24) is 24.9 Å². The summed E-state index contributed by atoms with van der Waals surface area (Å²) in [5.74, 6) is 0.635. The molecular formula is C26H32N8O2. The molecule has 4 rings (SSSR count). The first kappa shape index (κ1) is 25.0. The number of rotatable bonds is 6. The third-order valence-electron chi connectivity index (χ3n) is 6.04. The first-order valence-electron chi connectivity index (χ1n) is 12.1. The van der Waals surface area contributed by atoms with Crippen LogP contribution in [0.5, 0.6) is 0 Å². The van der Waals surface area contributed by atoms with Gasteiger partial charge in [0.1, 0.15) is 17.5 Å². The predicted octanol–water partition coefficient (Wildman–Crippen LogP) is 4.87. The van der Waals surface area contributed by atoms with Gasteiger partial charge in [0.05, 0.1) is 35.4 Å². The number of ether oxygens (including phenoxy) is 1. The fraction of sp³-hybridized carbons (Fsp3) is 0.423. The molecule has 10 nitrogen and oxygen atoms in total. The molecule has 1 fully saturated rings. The van der Waals surface area contributed by atoms with Crippen LogP contribution in [0.1, 0.15) is 52.0 Å². The number of aromatic nitrogens is 4. The quantitative estimate of drug-likeness (QED) is 0.504. The van der Waals surface area contributed by atoms with E-state index in [1.165, 1.54) is 4.80 Å². The number of carbonyl (C=O) groups is 1. The Morgan fingerprint density at radius 1 is 1.19 bits per heavy atom. The molecule has 1 aromatic carbocycles. The van der Waals surface area contributed by atoms with E-state index in [0.717, 1.165) is 37.1 Å². The van der Waals surface area contributed by atoms with Crippen LogP contribution in [0.3, 0.4) is 0 Å². The minimum absolute atomic E-state index is 0.0128. The third kappa shape index (κ3) is 6.10.